The largest absolute Gasteiger partial charge is 0.481 e. The van der Waals surface area contributed by atoms with Crippen molar-refractivity contribution < 1.29 is 18.7 Å². The first-order valence-electron chi connectivity index (χ1n) is 8.44. The van der Waals surface area contributed by atoms with Crippen molar-refractivity contribution in [2.24, 2.45) is 5.41 Å². The summed E-state index contributed by atoms with van der Waals surface area (Å²) in [6.07, 6.45) is 0. The van der Waals surface area contributed by atoms with Crippen LogP contribution in [0.3, 0.4) is 0 Å². The quantitative estimate of drug-likeness (QED) is 0.904. The van der Waals surface area contributed by atoms with Gasteiger partial charge in [0.1, 0.15) is 0 Å². The number of carbonyl (C=O) groups excluding carboxylic acids is 2. The van der Waals surface area contributed by atoms with Crippen molar-refractivity contribution in [3.63, 3.8) is 0 Å². The fourth-order valence-corrected chi connectivity index (χ4v) is 2.40. The second kappa shape index (κ2) is 8.18. The molecule has 1 aliphatic rings. The third kappa shape index (κ3) is 5.92. The van der Waals surface area contributed by atoms with Crippen LogP contribution in [-0.4, -0.2) is 61.1 Å². The first-order chi connectivity index (χ1) is 11.8. The molecule has 0 saturated carbocycles. The fraction of sp³-hybridized carbons (Fsp3) is 0.556. The van der Waals surface area contributed by atoms with Gasteiger partial charge in [-0.2, -0.15) is 0 Å². The maximum Gasteiger partial charge on any atom is 0.317 e. The molecule has 0 aromatic heterocycles. The number of nitrogens with zero attached hydrogens (tertiary/aromatic N) is 2. The highest BCUT2D eigenvalue weighted by Gasteiger charge is 2.25. The fourth-order valence-electron chi connectivity index (χ4n) is 2.40. The number of para-hydroxylation sites is 1. The maximum absolute atomic E-state index is 13.5. The van der Waals surface area contributed by atoms with E-state index in [1.165, 1.54) is 12.1 Å². The first kappa shape index (κ1) is 19.0. The van der Waals surface area contributed by atoms with Crippen LogP contribution in [0.4, 0.5) is 9.18 Å². The molecule has 6 nitrogen and oxygen atoms in total. The van der Waals surface area contributed by atoms with Crippen molar-refractivity contribution in [3.05, 3.63) is 30.1 Å². The zero-order valence-corrected chi connectivity index (χ0v) is 15.0. The summed E-state index contributed by atoms with van der Waals surface area (Å²) in [4.78, 5) is 27.6. The van der Waals surface area contributed by atoms with Gasteiger partial charge in [-0.15, -0.1) is 0 Å². The molecular weight excluding hydrogens is 325 g/mol. The summed E-state index contributed by atoms with van der Waals surface area (Å²) < 4.78 is 18.7. The van der Waals surface area contributed by atoms with E-state index in [-0.39, 0.29) is 29.7 Å². The van der Waals surface area contributed by atoms with E-state index in [0.29, 0.717) is 32.7 Å². The number of benzene rings is 1. The SMILES string of the molecule is CC(C)(C)CNC(=O)N1CCN(C(=O)COc2ccccc2F)CC1. The third-order valence-corrected chi connectivity index (χ3v) is 3.88. The number of carbonyl (C=O) groups is 2. The van der Waals surface area contributed by atoms with Gasteiger partial charge < -0.3 is 19.9 Å². The summed E-state index contributed by atoms with van der Waals surface area (Å²) in [6.45, 7) is 8.39. The molecule has 2 rings (SSSR count). The van der Waals surface area contributed by atoms with Crippen molar-refractivity contribution in [1.29, 1.82) is 0 Å². The van der Waals surface area contributed by atoms with E-state index in [2.05, 4.69) is 26.1 Å². The molecule has 0 aliphatic carbocycles. The number of rotatable bonds is 4. The standard InChI is InChI=1S/C18H26FN3O3/c1-18(2,3)13-20-17(24)22-10-8-21(9-11-22)16(23)12-25-15-7-5-4-6-14(15)19/h4-7H,8-13H2,1-3H3,(H,20,24). The molecule has 1 aliphatic heterocycles. The molecule has 1 aromatic rings. The van der Waals surface area contributed by atoms with Crippen LogP contribution >= 0.6 is 0 Å². The Morgan fingerprint density at radius 1 is 1.12 bits per heavy atom. The molecule has 1 saturated heterocycles. The average Bonchev–Trinajstić information content (AvgIpc) is 2.58. The lowest BCUT2D eigenvalue weighted by molar-refractivity contribution is -0.134. The Balaban J connectivity index is 1.75. The van der Waals surface area contributed by atoms with Crippen LogP contribution in [0.5, 0.6) is 5.75 Å². The number of amides is 3. The summed E-state index contributed by atoms with van der Waals surface area (Å²) in [5.74, 6) is -0.635. The van der Waals surface area contributed by atoms with E-state index in [9.17, 15) is 14.0 Å². The van der Waals surface area contributed by atoms with Gasteiger partial charge in [0.25, 0.3) is 5.91 Å². The van der Waals surface area contributed by atoms with Crippen LogP contribution in [0.15, 0.2) is 24.3 Å². The van der Waals surface area contributed by atoms with Crippen LogP contribution in [0.2, 0.25) is 0 Å². The topological polar surface area (TPSA) is 61.9 Å². The molecule has 138 valence electrons. The van der Waals surface area contributed by atoms with Crippen molar-refractivity contribution in [1.82, 2.24) is 15.1 Å². The number of halogens is 1. The van der Waals surface area contributed by atoms with E-state index >= 15 is 0 Å². The number of hydrogen-bond acceptors (Lipinski definition) is 3. The monoisotopic (exact) mass is 351 g/mol. The normalized spacial score (nSPS) is 15.0. The van der Waals surface area contributed by atoms with Gasteiger partial charge in [0.2, 0.25) is 0 Å². The molecule has 7 heteroatoms. The lowest BCUT2D eigenvalue weighted by Gasteiger charge is -2.35. The molecule has 0 unspecified atom stereocenters. The Bertz CT molecular complexity index is 608. The van der Waals surface area contributed by atoms with Gasteiger partial charge >= 0.3 is 6.03 Å². The second-order valence-corrected chi connectivity index (χ2v) is 7.31. The average molecular weight is 351 g/mol. The Kier molecular flexibility index (Phi) is 6.22. The highest BCUT2D eigenvalue weighted by Crippen LogP contribution is 2.15. The van der Waals surface area contributed by atoms with Gasteiger partial charge in [-0.3, -0.25) is 4.79 Å². The number of hydrogen-bond donors (Lipinski definition) is 1. The molecule has 25 heavy (non-hydrogen) atoms. The minimum absolute atomic E-state index is 0.0253. The maximum atomic E-state index is 13.5. The Labute approximate surface area is 147 Å². The van der Waals surface area contributed by atoms with Crippen LogP contribution in [0.1, 0.15) is 20.8 Å². The van der Waals surface area contributed by atoms with Crippen LogP contribution < -0.4 is 10.1 Å². The van der Waals surface area contributed by atoms with E-state index in [1.807, 2.05) is 0 Å². The van der Waals surface area contributed by atoms with Crippen LogP contribution in [0.25, 0.3) is 0 Å². The van der Waals surface area contributed by atoms with Gasteiger partial charge in [-0.1, -0.05) is 32.9 Å². The lowest BCUT2D eigenvalue weighted by Crippen LogP contribution is -2.54. The van der Waals surface area contributed by atoms with Crippen LogP contribution in [0, 0.1) is 11.2 Å². The zero-order valence-electron chi connectivity index (χ0n) is 15.0. The molecule has 1 heterocycles. The predicted molar refractivity (Wildman–Crippen MR) is 92.9 cm³/mol. The minimum Gasteiger partial charge on any atom is -0.481 e. The first-order valence-corrected chi connectivity index (χ1v) is 8.44. The lowest BCUT2D eigenvalue weighted by atomic mass is 9.97. The van der Waals surface area contributed by atoms with Crippen molar-refractivity contribution in [2.75, 3.05) is 39.3 Å². The summed E-state index contributed by atoms with van der Waals surface area (Å²) in [6, 6.07) is 5.88. The molecule has 0 radical (unpaired) electrons. The molecule has 1 N–H and O–H groups in total. The van der Waals surface area contributed by atoms with Gasteiger partial charge in [-0.25, -0.2) is 9.18 Å². The molecular formula is C18H26FN3O3. The van der Waals surface area contributed by atoms with Crippen molar-refractivity contribution in [2.45, 2.75) is 20.8 Å². The van der Waals surface area contributed by atoms with E-state index in [1.54, 1.807) is 21.9 Å². The summed E-state index contributed by atoms with van der Waals surface area (Å²) in [7, 11) is 0. The number of urea groups is 1. The van der Waals surface area contributed by atoms with E-state index in [4.69, 9.17) is 4.74 Å². The van der Waals surface area contributed by atoms with Gasteiger partial charge in [0.15, 0.2) is 18.2 Å². The van der Waals surface area contributed by atoms with E-state index < -0.39 is 5.82 Å². The van der Waals surface area contributed by atoms with E-state index in [0.717, 1.165) is 0 Å². The summed E-state index contributed by atoms with van der Waals surface area (Å²) in [5, 5.41) is 2.91. The van der Waals surface area contributed by atoms with Gasteiger partial charge in [0, 0.05) is 32.7 Å². The molecule has 1 aromatic carbocycles. The molecule has 3 amide bonds. The van der Waals surface area contributed by atoms with Gasteiger partial charge in [0.05, 0.1) is 0 Å². The van der Waals surface area contributed by atoms with Crippen molar-refractivity contribution >= 4 is 11.9 Å². The predicted octanol–water partition coefficient (Wildman–Crippen LogP) is 2.10. The van der Waals surface area contributed by atoms with Gasteiger partial charge in [-0.05, 0) is 17.5 Å². The number of ether oxygens (including phenoxy) is 1. The molecule has 1 fully saturated rings. The number of piperazine rings is 1. The summed E-state index contributed by atoms with van der Waals surface area (Å²) in [5.41, 5.74) is 0.0253. The molecule has 0 spiro atoms. The summed E-state index contributed by atoms with van der Waals surface area (Å²) >= 11 is 0. The highest BCUT2D eigenvalue weighted by molar-refractivity contribution is 5.79. The Hall–Kier alpha value is -2.31. The smallest absolute Gasteiger partial charge is 0.317 e. The minimum atomic E-state index is -0.490. The Morgan fingerprint density at radius 2 is 1.72 bits per heavy atom. The second-order valence-electron chi connectivity index (χ2n) is 7.31. The van der Waals surface area contributed by atoms with Crippen LogP contribution in [-0.2, 0) is 4.79 Å². The Morgan fingerprint density at radius 3 is 2.32 bits per heavy atom. The number of nitrogens with one attached hydrogen (secondary N) is 1. The highest BCUT2D eigenvalue weighted by atomic mass is 19.1. The molecule has 0 bridgehead atoms. The molecule has 0 atom stereocenters. The zero-order chi connectivity index (χ0) is 18.4. The van der Waals surface area contributed by atoms with Crippen molar-refractivity contribution in [3.8, 4) is 5.75 Å². The third-order valence-electron chi connectivity index (χ3n) is 3.88.